The maximum absolute atomic E-state index is 14.6. The lowest BCUT2D eigenvalue weighted by molar-refractivity contribution is -0.140. The normalized spacial score (nSPS) is 23.3. The Balaban J connectivity index is 1.47. The second-order valence-corrected chi connectivity index (χ2v) is 13.6. The van der Waals surface area contributed by atoms with Gasteiger partial charge in [-0.3, -0.25) is 9.59 Å². The number of nitrogens with one attached hydrogen (secondary N) is 2. The summed E-state index contributed by atoms with van der Waals surface area (Å²) in [5, 5.41) is 20.1. The third-order valence-corrected chi connectivity index (χ3v) is 10.4. The summed E-state index contributed by atoms with van der Waals surface area (Å²) in [6.07, 6.45) is 3.19. The fourth-order valence-electron chi connectivity index (χ4n) is 7.74. The molecular formula is C38H47N3O6. The molecule has 250 valence electrons. The zero-order valence-corrected chi connectivity index (χ0v) is 28.5. The van der Waals surface area contributed by atoms with E-state index in [1.807, 2.05) is 37.3 Å². The van der Waals surface area contributed by atoms with Crippen molar-refractivity contribution in [2.75, 3.05) is 26.6 Å². The number of fused-ring (bicyclic) bond motifs is 3. The number of carbonyl (C=O) groups excluding carboxylic acids is 2. The highest BCUT2D eigenvalue weighted by atomic mass is 16.5. The van der Waals surface area contributed by atoms with Crippen LogP contribution in [0.2, 0.25) is 0 Å². The molecule has 2 aliphatic rings. The second kappa shape index (κ2) is 13.7. The van der Waals surface area contributed by atoms with Gasteiger partial charge in [-0.1, -0.05) is 81.7 Å². The summed E-state index contributed by atoms with van der Waals surface area (Å²) in [6, 6.07) is 18.5. The quantitative estimate of drug-likeness (QED) is 0.165. The summed E-state index contributed by atoms with van der Waals surface area (Å²) in [5.41, 5.74) is 4.10. The minimum Gasteiger partial charge on any atom is -0.493 e. The molecule has 9 nitrogen and oxygen atoms in total. The van der Waals surface area contributed by atoms with Gasteiger partial charge in [-0.05, 0) is 59.3 Å². The molecule has 5 rings (SSSR count). The van der Waals surface area contributed by atoms with Crippen molar-refractivity contribution in [2.24, 2.45) is 16.5 Å². The molecule has 9 heteroatoms. The van der Waals surface area contributed by atoms with Crippen LogP contribution in [0.25, 0.3) is 0 Å². The molecule has 47 heavy (non-hydrogen) atoms. The molecule has 3 aromatic carbocycles. The lowest BCUT2D eigenvalue weighted by Crippen LogP contribution is -2.58. The number of ether oxygens (including phenoxy) is 3. The molecule has 0 aliphatic heterocycles. The maximum Gasteiger partial charge on any atom is 0.247 e. The van der Waals surface area contributed by atoms with Gasteiger partial charge < -0.3 is 30.1 Å². The average Bonchev–Trinajstić information content (AvgIpc) is 3.07. The van der Waals surface area contributed by atoms with Crippen LogP contribution in [-0.2, 0) is 21.4 Å². The highest BCUT2D eigenvalue weighted by molar-refractivity contribution is 6.04. The number of hydrogen-bond donors (Lipinski definition) is 3. The number of carbonyl (C=O) groups is 2. The first-order valence-corrected chi connectivity index (χ1v) is 16.3. The Kier molecular flexibility index (Phi) is 9.84. The van der Waals surface area contributed by atoms with Gasteiger partial charge in [0.25, 0.3) is 0 Å². The van der Waals surface area contributed by atoms with Gasteiger partial charge in [0.2, 0.25) is 17.6 Å². The smallest absolute Gasteiger partial charge is 0.247 e. The predicted molar refractivity (Wildman–Crippen MR) is 183 cm³/mol. The van der Waals surface area contributed by atoms with Crippen molar-refractivity contribution in [3.8, 4) is 17.2 Å². The molecule has 1 saturated carbocycles. The van der Waals surface area contributed by atoms with Crippen LogP contribution in [0.1, 0.15) is 81.5 Å². The fraction of sp³-hybridized carbons (Fsp3) is 0.447. The van der Waals surface area contributed by atoms with Gasteiger partial charge in [0.1, 0.15) is 6.04 Å². The monoisotopic (exact) mass is 641 g/mol. The SMILES string of the molecule is COc1cc(NC(=O)[C@H](Cc2ccccc2)NC(=O)[C@]2(C)CCC[C@]3(C)c4ccc(C(C)C)cc4/C(=N\O)C[C@@H]23)cc(OC)c1OC. The Morgan fingerprint density at radius 3 is 2.23 bits per heavy atom. The second-order valence-electron chi connectivity index (χ2n) is 13.6. The van der Waals surface area contributed by atoms with Crippen molar-refractivity contribution in [3.63, 3.8) is 0 Å². The Morgan fingerprint density at radius 1 is 0.957 bits per heavy atom. The third kappa shape index (κ3) is 6.40. The van der Waals surface area contributed by atoms with Crippen LogP contribution in [0.3, 0.4) is 0 Å². The van der Waals surface area contributed by atoms with E-state index in [4.69, 9.17) is 14.2 Å². The van der Waals surface area contributed by atoms with Gasteiger partial charge in [0.15, 0.2) is 11.5 Å². The summed E-state index contributed by atoms with van der Waals surface area (Å²) in [6.45, 7) is 8.54. The third-order valence-electron chi connectivity index (χ3n) is 10.4. The van der Waals surface area contributed by atoms with Gasteiger partial charge in [0, 0.05) is 29.8 Å². The lowest BCUT2D eigenvalue weighted by atomic mass is 9.49. The standard InChI is InChI=1S/C38H47N3O6/c1-23(2)25-14-15-28-27(19-25)29(41-44)22-33-37(28,3)16-11-17-38(33,4)36(43)40-30(18-24-12-9-8-10-13-24)35(42)39-26-20-31(45-5)34(47-7)32(21-26)46-6/h8-10,12-15,19-21,23,30,33,44H,11,16-18,22H2,1-7H3,(H,39,42)(H,40,43)/b41-29-/t30-,33+,37+,38+/m0/s1. The molecule has 0 heterocycles. The van der Waals surface area contributed by atoms with Crippen LogP contribution in [-0.4, -0.2) is 50.1 Å². The Hall–Kier alpha value is -4.53. The van der Waals surface area contributed by atoms with E-state index >= 15 is 0 Å². The van der Waals surface area contributed by atoms with Crippen molar-refractivity contribution in [1.82, 2.24) is 5.32 Å². The molecule has 0 bridgehead atoms. The molecule has 4 atom stereocenters. The number of oxime groups is 1. The minimum absolute atomic E-state index is 0.136. The molecule has 0 radical (unpaired) electrons. The van der Waals surface area contributed by atoms with Gasteiger partial charge in [0.05, 0.1) is 32.5 Å². The zero-order valence-electron chi connectivity index (χ0n) is 28.5. The lowest BCUT2D eigenvalue weighted by Gasteiger charge is -2.54. The highest BCUT2D eigenvalue weighted by Crippen LogP contribution is 2.57. The first-order valence-electron chi connectivity index (χ1n) is 16.3. The van der Waals surface area contributed by atoms with Crippen molar-refractivity contribution in [2.45, 2.75) is 77.2 Å². The number of nitrogens with zero attached hydrogens (tertiary/aromatic N) is 1. The summed E-state index contributed by atoms with van der Waals surface area (Å²) >= 11 is 0. The van der Waals surface area contributed by atoms with E-state index in [-0.39, 0.29) is 23.1 Å². The van der Waals surface area contributed by atoms with E-state index in [1.54, 1.807) is 12.1 Å². The summed E-state index contributed by atoms with van der Waals surface area (Å²) in [7, 11) is 4.55. The maximum atomic E-state index is 14.6. The number of methoxy groups -OCH3 is 3. The molecular weight excluding hydrogens is 594 g/mol. The molecule has 3 aromatic rings. The van der Waals surface area contributed by atoms with Crippen molar-refractivity contribution >= 4 is 23.2 Å². The van der Waals surface area contributed by atoms with Crippen molar-refractivity contribution in [1.29, 1.82) is 0 Å². The molecule has 2 aliphatic carbocycles. The number of benzene rings is 3. The van der Waals surface area contributed by atoms with Crippen LogP contribution in [0, 0.1) is 11.3 Å². The van der Waals surface area contributed by atoms with E-state index in [0.29, 0.717) is 53.8 Å². The van der Waals surface area contributed by atoms with Crippen LogP contribution in [0.15, 0.2) is 65.8 Å². The van der Waals surface area contributed by atoms with Crippen molar-refractivity contribution < 1.29 is 29.0 Å². The molecule has 2 amide bonds. The molecule has 0 spiro atoms. The van der Waals surface area contributed by atoms with Gasteiger partial charge >= 0.3 is 0 Å². The summed E-state index contributed by atoms with van der Waals surface area (Å²) in [5.74, 6) is 0.859. The van der Waals surface area contributed by atoms with E-state index in [2.05, 4.69) is 54.8 Å². The number of anilines is 1. The van der Waals surface area contributed by atoms with E-state index in [9.17, 15) is 14.8 Å². The Morgan fingerprint density at radius 2 is 1.64 bits per heavy atom. The van der Waals surface area contributed by atoms with Crippen LogP contribution in [0.4, 0.5) is 5.69 Å². The largest absolute Gasteiger partial charge is 0.493 e. The molecule has 0 aromatic heterocycles. The van der Waals surface area contributed by atoms with Gasteiger partial charge in [-0.25, -0.2) is 0 Å². The highest BCUT2D eigenvalue weighted by Gasteiger charge is 2.56. The Bertz CT molecular complexity index is 1630. The Labute approximate surface area is 277 Å². The topological polar surface area (TPSA) is 118 Å². The molecule has 3 N–H and O–H groups in total. The molecule has 0 unspecified atom stereocenters. The first-order chi connectivity index (χ1) is 22.5. The number of rotatable bonds is 10. The molecule has 0 saturated heterocycles. The van der Waals surface area contributed by atoms with Gasteiger partial charge in [-0.15, -0.1) is 0 Å². The average molecular weight is 642 g/mol. The van der Waals surface area contributed by atoms with Crippen molar-refractivity contribution in [3.05, 3.63) is 82.9 Å². The fourth-order valence-corrected chi connectivity index (χ4v) is 7.74. The van der Waals surface area contributed by atoms with Gasteiger partial charge in [-0.2, -0.15) is 0 Å². The van der Waals surface area contributed by atoms with E-state index in [1.165, 1.54) is 26.9 Å². The summed E-state index contributed by atoms with van der Waals surface area (Å²) in [4.78, 5) is 28.6. The summed E-state index contributed by atoms with van der Waals surface area (Å²) < 4.78 is 16.4. The number of amides is 2. The van der Waals surface area contributed by atoms with E-state index < -0.39 is 11.5 Å². The first kappa shape index (κ1) is 33.8. The van der Waals surface area contributed by atoms with Crippen LogP contribution >= 0.6 is 0 Å². The predicted octanol–water partition coefficient (Wildman–Crippen LogP) is 6.85. The molecule has 1 fully saturated rings. The number of hydrogen-bond acceptors (Lipinski definition) is 7. The van der Waals surface area contributed by atoms with E-state index in [0.717, 1.165) is 29.5 Å². The zero-order chi connectivity index (χ0) is 33.9. The van der Waals surface area contributed by atoms with Crippen LogP contribution in [0.5, 0.6) is 17.2 Å². The van der Waals surface area contributed by atoms with Crippen LogP contribution < -0.4 is 24.8 Å². The minimum atomic E-state index is -0.871.